The van der Waals surface area contributed by atoms with Crippen molar-refractivity contribution in [1.29, 1.82) is 0 Å². The summed E-state index contributed by atoms with van der Waals surface area (Å²) in [5, 5.41) is 3.30. The van der Waals surface area contributed by atoms with Gasteiger partial charge < -0.3 is 10.1 Å². The first-order valence-electron chi connectivity index (χ1n) is 5.86. The lowest BCUT2D eigenvalue weighted by Gasteiger charge is -2.03. The highest BCUT2D eigenvalue weighted by Gasteiger charge is 2.04. The fourth-order valence-corrected chi connectivity index (χ4v) is 1.26. The van der Waals surface area contributed by atoms with E-state index in [0.717, 1.165) is 19.8 Å². The van der Waals surface area contributed by atoms with Crippen molar-refractivity contribution in [2.75, 3.05) is 18.5 Å². The van der Waals surface area contributed by atoms with Crippen molar-refractivity contribution in [3.05, 3.63) is 29.8 Å². The van der Waals surface area contributed by atoms with Crippen molar-refractivity contribution in [3.63, 3.8) is 0 Å². The van der Waals surface area contributed by atoms with Gasteiger partial charge in [-0.15, -0.1) is 0 Å². The minimum absolute atomic E-state index is 0.739. The molecule has 0 aliphatic carbocycles. The van der Waals surface area contributed by atoms with Gasteiger partial charge >= 0.3 is 0 Å². The summed E-state index contributed by atoms with van der Waals surface area (Å²) in [4.78, 5) is 0. The highest BCUT2D eigenvalue weighted by Crippen LogP contribution is 2.17. The van der Waals surface area contributed by atoms with E-state index in [9.17, 15) is 0 Å². The van der Waals surface area contributed by atoms with Crippen LogP contribution in [0.4, 0.5) is 5.69 Å². The number of hydrogen-bond donors (Lipinski definition) is 1. The number of ether oxygens (including phenoxy) is 1. The molecule has 0 atom stereocenters. The molecule has 2 nitrogen and oxygen atoms in total. The van der Waals surface area contributed by atoms with Gasteiger partial charge in [-0.25, -0.2) is 0 Å². The monoisotopic (exact) mass is 209 g/mol. The Hall–Kier alpha value is -1.02. The van der Waals surface area contributed by atoms with Crippen molar-refractivity contribution in [2.45, 2.75) is 34.3 Å². The summed E-state index contributed by atoms with van der Waals surface area (Å²) < 4.78 is 5.36. The second kappa shape index (κ2) is 9.53. The molecule has 0 unspecified atom stereocenters. The van der Waals surface area contributed by atoms with Crippen LogP contribution in [-0.2, 0) is 11.3 Å². The van der Waals surface area contributed by atoms with Gasteiger partial charge in [0, 0.05) is 17.8 Å². The van der Waals surface area contributed by atoms with Crippen LogP contribution < -0.4 is 5.32 Å². The number of benzene rings is 1. The lowest BCUT2D eigenvalue weighted by atomic mass is 10.2. The van der Waals surface area contributed by atoms with Crippen LogP contribution in [0.25, 0.3) is 0 Å². The van der Waals surface area contributed by atoms with Gasteiger partial charge in [0.2, 0.25) is 0 Å². The molecule has 0 saturated heterocycles. The molecule has 1 heterocycles. The summed E-state index contributed by atoms with van der Waals surface area (Å²) in [5.74, 6) is 0. The third kappa shape index (κ3) is 4.84. The summed E-state index contributed by atoms with van der Waals surface area (Å²) in [6.45, 7) is 10.5. The minimum atomic E-state index is 0.739. The molecule has 1 N–H and O–H groups in total. The fraction of sp³-hybridized carbons (Fsp3) is 0.538. The third-order valence-corrected chi connectivity index (χ3v) is 1.84. The van der Waals surface area contributed by atoms with Crippen LogP contribution in [0.5, 0.6) is 0 Å². The maximum Gasteiger partial charge on any atom is 0.0737 e. The van der Waals surface area contributed by atoms with E-state index < -0.39 is 0 Å². The third-order valence-electron chi connectivity index (χ3n) is 1.84. The quantitative estimate of drug-likeness (QED) is 0.703. The molecule has 2 heteroatoms. The summed E-state index contributed by atoms with van der Waals surface area (Å²) in [6.07, 6.45) is 0. The number of nitrogens with one attached hydrogen (secondary N) is 1. The van der Waals surface area contributed by atoms with Gasteiger partial charge in [-0.2, -0.15) is 0 Å². The maximum absolute atomic E-state index is 5.36. The molecule has 86 valence electrons. The Bertz CT molecular complexity index is 223. The van der Waals surface area contributed by atoms with Crippen molar-refractivity contribution in [2.24, 2.45) is 0 Å². The molecule has 0 saturated carbocycles. The summed E-state index contributed by atoms with van der Waals surface area (Å²) in [7, 11) is 0. The second-order valence-electron chi connectivity index (χ2n) is 2.64. The molecule has 0 amide bonds. The van der Waals surface area contributed by atoms with Crippen LogP contribution in [-0.4, -0.2) is 13.2 Å². The van der Waals surface area contributed by atoms with Gasteiger partial charge in [0.25, 0.3) is 0 Å². The van der Waals surface area contributed by atoms with Crippen LogP contribution in [0, 0.1) is 0 Å². The zero-order valence-electron chi connectivity index (χ0n) is 10.3. The van der Waals surface area contributed by atoms with Gasteiger partial charge in [-0.05, 0) is 6.07 Å². The molecule has 1 aromatic carbocycles. The van der Waals surface area contributed by atoms with E-state index in [4.69, 9.17) is 4.74 Å². The summed E-state index contributed by atoms with van der Waals surface area (Å²) in [6, 6.07) is 8.25. The van der Waals surface area contributed by atoms with Gasteiger partial charge in [-0.3, -0.25) is 0 Å². The number of fused-ring (bicyclic) bond motifs is 1. The highest BCUT2D eigenvalue weighted by atomic mass is 16.5. The number of anilines is 1. The van der Waals surface area contributed by atoms with Crippen molar-refractivity contribution in [1.82, 2.24) is 0 Å². The number of para-hydroxylation sites is 1. The SMILES string of the molecule is CC.CC.c1ccc2c(c1)COCCN2. The van der Waals surface area contributed by atoms with Crippen LogP contribution in [0.2, 0.25) is 0 Å². The molecule has 0 aromatic heterocycles. The normalized spacial score (nSPS) is 12.8. The van der Waals surface area contributed by atoms with Gasteiger partial charge in [0.05, 0.1) is 13.2 Å². The largest absolute Gasteiger partial charge is 0.382 e. The Balaban J connectivity index is 0.000000442. The molecule has 1 aliphatic heterocycles. The lowest BCUT2D eigenvalue weighted by molar-refractivity contribution is 0.135. The van der Waals surface area contributed by atoms with Gasteiger partial charge in [0.1, 0.15) is 0 Å². The Morgan fingerprint density at radius 2 is 1.73 bits per heavy atom. The Morgan fingerprint density at radius 1 is 1.07 bits per heavy atom. The van der Waals surface area contributed by atoms with Crippen LogP contribution >= 0.6 is 0 Å². The molecule has 0 spiro atoms. The van der Waals surface area contributed by atoms with E-state index in [1.807, 2.05) is 39.8 Å². The first-order valence-corrected chi connectivity index (χ1v) is 5.86. The smallest absolute Gasteiger partial charge is 0.0737 e. The van der Waals surface area contributed by atoms with Crippen molar-refractivity contribution in [3.8, 4) is 0 Å². The second-order valence-corrected chi connectivity index (χ2v) is 2.64. The predicted molar refractivity (Wildman–Crippen MR) is 67.3 cm³/mol. The van der Waals surface area contributed by atoms with Crippen molar-refractivity contribution < 1.29 is 4.74 Å². The Labute approximate surface area is 93.7 Å². The van der Waals surface area contributed by atoms with Crippen LogP contribution in [0.15, 0.2) is 24.3 Å². The zero-order valence-corrected chi connectivity index (χ0v) is 10.3. The zero-order chi connectivity index (χ0) is 11.5. The van der Waals surface area contributed by atoms with E-state index in [1.54, 1.807) is 0 Å². The predicted octanol–water partition coefficient (Wildman–Crippen LogP) is 3.68. The van der Waals surface area contributed by atoms with E-state index in [0.29, 0.717) is 0 Å². The van der Waals surface area contributed by atoms with Crippen LogP contribution in [0.3, 0.4) is 0 Å². The average molecular weight is 209 g/mol. The van der Waals surface area contributed by atoms with E-state index in [2.05, 4.69) is 17.4 Å². The molecular formula is C13H23NO. The number of rotatable bonds is 0. The first-order chi connectivity index (χ1) is 7.47. The molecule has 1 aromatic rings. The lowest BCUT2D eigenvalue weighted by Crippen LogP contribution is -2.04. The van der Waals surface area contributed by atoms with Gasteiger partial charge in [-0.1, -0.05) is 45.9 Å². The van der Waals surface area contributed by atoms with Crippen molar-refractivity contribution >= 4 is 5.69 Å². The molecule has 15 heavy (non-hydrogen) atoms. The van der Waals surface area contributed by atoms with E-state index in [-0.39, 0.29) is 0 Å². The molecule has 1 aliphatic rings. The maximum atomic E-state index is 5.36. The average Bonchev–Trinajstić information content (AvgIpc) is 2.59. The summed E-state index contributed by atoms with van der Waals surface area (Å²) in [5.41, 5.74) is 2.47. The topological polar surface area (TPSA) is 21.3 Å². The minimum Gasteiger partial charge on any atom is -0.382 e. The molecule has 0 bridgehead atoms. The van der Waals surface area contributed by atoms with E-state index in [1.165, 1.54) is 11.3 Å². The first kappa shape index (κ1) is 14.0. The van der Waals surface area contributed by atoms with E-state index >= 15 is 0 Å². The standard InChI is InChI=1S/C9H11NO.2C2H6/c1-2-4-9-8(3-1)7-11-6-5-10-9;2*1-2/h1-4,10H,5-7H2;2*1-2H3. The van der Waals surface area contributed by atoms with Gasteiger partial charge in [0.15, 0.2) is 0 Å². The molecular weight excluding hydrogens is 186 g/mol. The Morgan fingerprint density at radius 3 is 2.47 bits per heavy atom. The summed E-state index contributed by atoms with van der Waals surface area (Å²) >= 11 is 0. The Kier molecular flexibility index (Phi) is 8.88. The number of hydrogen-bond acceptors (Lipinski definition) is 2. The van der Waals surface area contributed by atoms with Crippen LogP contribution in [0.1, 0.15) is 33.3 Å². The fourth-order valence-electron chi connectivity index (χ4n) is 1.26. The molecule has 0 fully saturated rings. The molecule has 2 rings (SSSR count). The molecule has 0 radical (unpaired) electrons. The highest BCUT2D eigenvalue weighted by molar-refractivity contribution is 5.51.